The van der Waals surface area contributed by atoms with Crippen molar-refractivity contribution in [3.8, 4) is 0 Å². The number of hydrogen-bond donors (Lipinski definition) is 1. The Morgan fingerprint density at radius 2 is 2.32 bits per heavy atom. The van der Waals surface area contributed by atoms with Gasteiger partial charge in [-0.25, -0.2) is 4.39 Å². The van der Waals surface area contributed by atoms with E-state index in [0.29, 0.717) is 12.1 Å². The number of benzene rings is 1. The molecule has 1 N–H and O–H groups in total. The minimum absolute atomic E-state index is 0.157. The first-order valence-corrected chi connectivity index (χ1v) is 7.25. The molecule has 2 rings (SSSR count). The lowest BCUT2D eigenvalue weighted by molar-refractivity contribution is 0.101. The molecule has 1 aliphatic heterocycles. The quantitative estimate of drug-likeness (QED) is 0.846. The van der Waals surface area contributed by atoms with Gasteiger partial charge in [0.1, 0.15) is 5.82 Å². The molecule has 0 amide bonds. The number of rotatable bonds is 6. The smallest absolute Gasteiger partial charge is 0.123 e. The maximum absolute atomic E-state index is 13.1. The van der Waals surface area contributed by atoms with E-state index in [9.17, 15) is 4.39 Å². The standard InChI is InChI=1S/C16H24FNO/c1-12-11-13(17)8-9-15(12)16(18-2)7-3-5-14-6-4-10-19-14/h8-9,11,14,16,18H,3-7,10H2,1-2H3. The maximum Gasteiger partial charge on any atom is 0.123 e. The van der Waals surface area contributed by atoms with Gasteiger partial charge in [0.25, 0.3) is 0 Å². The average Bonchev–Trinajstić information content (AvgIpc) is 2.89. The van der Waals surface area contributed by atoms with E-state index in [1.54, 1.807) is 12.1 Å². The third-order valence-corrected chi connectivity index (χ3v) is 4.00. The third-order valence-electron chi connectivity index (χ3n) is 4.00. The van der Waals surface area contributed by atoms with Crippen molar-refractivity contribution in [2.75, 3.05) is 13.7 Å². The normalized spacial score (nSPS) is 20.7. The lowest BCUT2D eigenvalue weighted by Crippen LogP contribution is -2.18. The molecule has 0 bridgehead atoms. The van der Waals surface area contributed by atoms with Crippen molar-refractivity contribution in [2.24, 2.45) is 0 Å². The molecule has 1 aromatic carbocycles. The predicted octanol–water partition coefficient (Wildman–Crippen LogP) is 3.74. The zero-order valence-electron chi connectivity index (χ0n) is 11.9. The summed E-state index contributed by atoms with van der Waals surface area (Å²) >= 11 is 0. The van der Waals surface area contributed by atoms with E-state index >= 15 is 0 Å². The van der Waals surface area contributed by atoms with Crippen LogP contribution in [0.2, 0.25) is 0 Å². The summed E-state index contributed by atoms with van der Waals surface area (Å²) in [6.45, 7) is 2.90. The van der Waals surface area contributed by atoms with E-state index in [1.807, 2.05) is 20.0 Å². The Hall–Kier alpha value is -0.930. The SMILES string of the molecule is CNC(CCCC1CCCO1)c1ccc(F)cc1C. The summed E-state index contributed by atoms with van der Waals surface area (Å²) in [6, 6.07) is 5.37. The molecular formula is C16H24FNO. The topological polar surface area (TPSA) is 21.3 Å². The summed E-state index contributed by atoms with van der Waals surface area (Å²) in [5.74, 6) is -0.157. The molecule has 0 spiro atoms. The Morgan fingerprint density at radius 3 is 2.95 bits per heavy atom. The molecule has 3 heteroatoms. The Labute approximate surface area is 115 Å². The molecule has 1 saturated heterocycles. The van der Waals surface area contributed by atoms with Crippen molar-refractivity contribution in [1.82, 2.24) is 5.32 Å². The maximum atomic E-state index is 13.1. The second kappa shape index (κ2) is 7.01. The van der Waals surface area contributed by atoms with Gasteiger partial charge in [-0.05, 0) is 69.3 Å². The molecule has 0 aliphatic carbocycles. The largest absolute Gasteiger partial charge is 0.378 e. The molecule has 2 atom stereocenters. The van der Waals surface area contributed by atoms with Crippen LogP contribution in [0.3, 0.4) is 0 Å². The van der Waals surface area contributed by atoms with E-state index in [1.165, 1.54) is 18.4 Å². The van der Waals surface area contributed by atoms with Gasteiger partial charge in [0, 0.05) is 12.6 Å². The van der Waals surface area contributed by atoms with E-state index in [-0.39, 0.29) is 5.82 Å². The summed E-state index contributed by atoms with van der Waals surface area (Å²) < 4.78 is 18.8. The van der Waals surface area contributed by atoms with Crippen LogP contribution in [0.25, 0.3) is 0 Å². The highest BCUT2D eigenvalue weighted by Gasteiger charge is 2.17. The zero-order chi connectivity index (χ0) is 13.7. The molecule has 2 unspecified atom stereocenters. The Bertz CT molecular complexity index is 402. The first-order chi connectivity index (χ1) is 9.20. The number of ether oxygens (including phenoxy) is 1. The second-order valence-electron chi connectivity index (χ2n) is 5.41. The molecule has 1 fully saturated rings. The monoisotopic (exact) mass is 265 g/mol. The number of halogens is 1. The van der Waals surface area contributed by atoms with E-state index in [4.69, 9.17) is 4.74 Å². The van der Waals surface area contributed by atoms with Gasteiger partial charge in [-0.2, -0.15) is 0 Å². The van der Waals surface area contributed by atoms with Crippen molar-refractivity contribution >= 4 is 0 Å². The Morgan fingerprint density at radius 1 is 1.47 bits per heavy atom. The van der Waals surface area contributed by atoms with Gasteiger partial charge in [-0.1, -0.05) is 6.07 Å². The van der Waals surface area contributed by atoms with E-state index in [2.05, 4.69) is 5.32 Å². The molecule has 0 aromatic heterocycles. The van der Waals surface area contributed by atoms with Crippen LogP contribution in [0.15, 0.2) is 18.2 Å². The molecule has 106 valence electrons. The third kappa shape index (κ3) is 4.02. The van der Waals surface area contributed by atoms with Gasteiger partial charge < -0.3 is 10.1 Å². The Kier molecular flexibility index (Phi) is 5.34. The second-order valence-corrected chi connectivity index (χ2v) is 5.41. The molecule has 2 nitrogen and oxygen atoms in total. The number of aryl methyl sites for hydroxylation is 1. The molecule has 0 radical (unpaired) electrons. The molecular weight excluding hydrogens is 241 g/mol. The van der Waals surface area contributed by atoms with Crippen molar-refractivity contribution in [1.29, 1.82) is 0 Å². The van der Waals surface area contributed by atoms with Crippen molar-refractivity contribution < 1.29 is 9.13 Å². The average molecular weight is 265 g/mol. The van der Waals surface area contributed by atoms with E-state index in [0.717, 1.165) is 31.4 Å². The lowest BCUT2D eigenvalue weighted by Gasteiger charge is -2.19. The molecule has 1 aromatic rings. The minimum atomic E-state index is -0.157. The number of nitrogens with one attached hydrogen (secondary N) is 1. The number of hydrogen-bond acceptors (Lipinski definition) is 2. The van der Waals surface area contributed by atoms with Crippen molar-refractivity contribution in [2.45, 2.75) is 51.2 Å². The van der Waals surface area contributed by atoms with Crippen molar-refractivity contribution in [3.05, 3.63) is 35.1 Å². The van der Waals surface area contributed by atoms with Crippen LogP contribution in [0.1, 0.15) is 49.3 Å². The minimum Gasteiger partial charge on any atom is -0.378 e. The fraction of sp³-hybridized carbons (Fsp3) is 0.625. The van der Waals surface area contributed by atoms with Crippen LogP contribution < -0.4 is 5.32 Å². The van der Waals surface area contributed by atoms with Gasteiger partial charge in [0.05, 0.1) is 6.10 Å². The van der Waals surface area contributed by atoms with Crippen LogP contribution in [-0.2, 0) is 4.74 Å². The van der Waals surface area contributed by atoms with Crippen LogP contribution in [0.4, 0.5) is 4.39 Å². The molecule has 19 heavy (non-hydrogen) atoms. The van der Waals surface area contributed by atoms with E-state index < -0.39 is 0 Å². The Balaban J connectivity index is 1.88. The summed E-state index contributed by atoms with van der Waals surface area (Å²) in [5, 5.41) is 3.34. The highest BCUT2D eigenvalue weighted by Crippen LogP contribution is 2.25. The lowest BCUT2D eigenvalue weighted by atomic mass is 9.96. The van der Waals surface area contributed by atoms with Crippen molar-refractivity contribution in [3.63, 3.8) is 0 Å². The fourth-order valence-corrected chi connectivity index (χ4v) is 2.91. The van der Waals surface area contributed by atoms with Gasteiger partial charge in [-0.15, -0.1) is 0 Å². The van der Waals surface area contributed by atoms with Crippen LogP contribution in [-0.4, -0.2) is 19.8 Å². The summed E-state index contributed by atoms with van der Waals surface area (Å²) in [5.41, 5.74) is 2.23. The van der Waals surface area contributed by atoms with Gasteiger partial charge in [0.2, 0.25) is 0 Å². The van der Waals surface area contributed by atoms with Crippen LogP contribution in [0, 0.1) is 12.7 Å². The zero-order valence-corrected chi connectivity index (χ0v) is 11.9. The van der Waals surface area contributed by atoms with Gasteiger partial charge in [-0.3, -0.25) is 0 Å². The van der Waals surface area contributed by atoms with Gasteiger partial charge in [0.15, 0.2) is 0 Å². The molecule has 1 heterocycles. The van der Waals surface area contributed by atoms with Crippen LogP contribution in [0.5, 0.6) is 0 Å². The summed E-state index contributed by atoms with van der Waals surface area (Å²) in [6.07, 6.45) is 6.23. The van der Waals surface area contributed by atoms with Gasteiger partial charge >= 0.3 is 0 Å². The van der Waals surface area contributed by atoms with Crippen LogP contribution >= 0.6 is 0 Å². The highest BCUT2D eigenvalue weighted by molar-refractivity contribution is 5.29. The highest BCUT2D eigenvalue weighted by atomic mass is 19.1. The fourth-order valence-electron chi connectivity index (χ4n) is 2.91. The predicted molar refractivity (Wildman–Crippen MR) is 75.8 cm³/mol. The summed E-state index contributed by atoms with van der Waals surface area (Å²) in [4.78, 5) is 0. The molecule has 1 aliphatic rings. The first-order valence-electron chi connectivity index (χ1n) is 7.25. The molecule has 0 saturated carbocycles. The summed E-state index contributed by atoms with van der Waals surface area (Å²) in [7, 11) is 1.97. The first kappa shape index (κ1) is 14.5.